The highest BCUT2D eigenvalue weighted by Crippen LogP contribution is 2.35. The van der Waals surface area contributed by atoms with E-state index in [1.165, 1.54) is 6.07 Å². The second-order valence-electron chi connectivity index (χ2n) is 3.09. The Morgan fingerprint density at radius 3 is 2.33 bits per heavy atom. The molecule has 0 aromatic heterocycles. The second-order valence-corrected chi connectivity index (χ2v) is 4.26. The number of halogens is 3. The Morgan fingerprint density at radius 2 is 1.67 bits per heavy atom. The molecular formula is C12H7BrClF. The van der Waals surface area contributed by atoms with E-state index >= 15 is 0 Å². The second kappa shape index (κ2) is 4.33. The third-order valence-corrected chi connectivity index (χ3v) is 3.52. The maximum absolute atomic E-state index is 13.1. The predicted molar refractivity (Wildman–Crippen MR) is 64.5 cm³/mol. The molecule has 0 fully saturated rings. The smallest absolute Gasteiger partial charge is 0.138 e. The van der Waals surface area contributed by atoms with Gasteiger partial charge in [0.05, 0.1) is 9.50 Å². The van der Waals surface area contributed by atoms with Gasteiger partial charge in [0.15, 0.2) is 0 Å². The molecule has 0 spiro atoms. The molecule has 0 unspecified atom stereocenters. The van der Waals surface area contributed by atoms with Gasteiger partial charge in [-0.05, 0) is 33.6 Å². The lowest BCUT2D eigenvalue weighted by molar-refractivity contribution is 0.621. The lowest BCUT2D eigenvalue weighted by Crippen LogP contribution is -1.84. The summed E-state index contributed by atoms with van der Waals surface area (Å²) in [4.78, 5) is 0. The Labute approximate surface area is 101 Å². The van der Waals surface area contributed by atoms with Crippen molar-refractivity contribution in [3.63, 3.8) is 0 Å². The molecule has 0 nitrogen and oxygen atoms in total. The van der Waals surface area contributed by atoms with Crippen molar-refractivity contribution in [1.82, 2.24) is 0 Å². The summed E-state index contributed by atoms with van der Waals surface area (Å²) >= 11 is 9.17. The molecule has 15 heavy (non-hydrogen) atoms. The van der Waals surface area contributed by atoms with E-state index in [9.17, 15) is 4.39 Å². The van der Waals surface area contributed by atoms with Gasteiger partial charge in [-0.25, -0.2) is 4.39 Å². The lowest BCUT2D eigenvalue weighted by atomic mass is 10.1. The highest BCUT2D eigenvalue weighted by molar-refractivity contribution is 9.10. The van der Waals surface area contributed by atoms with Crippen LogP contribution in [0.3, 0.4) is 0 Å². The van der Waals surface area contributed by atoms with E-state index in [0.717, 1.165) is 11.1 Å². The summed E-state index contributed by atoms with van der Waals surface area (Å²) < 4.78 is 13.5. The van der Waals surface area contributed by atoms with Crippen LogP contribution in [-0.4, -0.2) is 0 Å². The summed E-state index contributed by atoms with van der Waals surface area (Å²) in [6.07, 6.45) is 0. The van der Waals surface area contributed by atoms with E-state index in [1.807, 2.05) is 30.3 Å². The van der Waals surface area contributed by atoms with Gasteiger partial charge in [-0.1, -0.05) is 41.9 Å². The highest BCUT2D eigenvalue weighted by atomic mass is 79.9. The van der Waals surface area contributed by atoms with Gasteiger partial charge in [0, 0.05) is 5.56 Å². The van der Waals surface area contributed by atoms with Gasteiger partial charge in [-0.3, -0.25) is 0 Å². The molecule has 0 saturated carbocycles. The zero-order chi connectivity index (χ0) is 10.8. The number of hydrogen-bond donors (Lipinski definition) is 0. The van der Waals surface area contributed by atoms with Crippen LogP contribution in [0.1, 0.15) is 0 Å². The molecule has 76 valence electrons. The van der Waals surface area contributed by atoms with Crippen molar-refractivity contribution < 1.29 is 4.39 Å². The molecule has 2 aromatic rings. The zero-order valence-corrected chi connectivity index (χ0v) is 10.0. The third kappa shape index (κ3) is 2.06. The molecule has 0 bridgehead atoms. The maximum Gasteiger partial charge on any atom is 0.138 e. The fourth-order valence-electron chi connectivity index (χ4n) is 1.37. The van der Waals surface area contributed by atoms with Crippen LogP contribution in [0.25, 0.3) is 11.1 Å². The van der Waals surface area contributed by atoms with Crippen LogP contribution in [0, 0.1) is 5.82 Å². The Hall–Kier alpha value is -0.860. The molecule has 3 heteroatoms. The summed E-state index contributed by atoms with van der Waals surface area (Å²) in [6.45, 7) is 0. The number of rotatable bonds is 1. The van der Waals surface area contributed by atoms with Gasteiger partial charge in [-0.2, -0.15) is 0 Å². The maximum atomic E-state index is 13.1. The van der Waals surface area contributed by atoms with Crippen LogP contribution in [-0.2, 0) is 0 Å². The first-order valence-corrected chi connectivity index (χ1v) is 5.56. The van der Waals surface area contributed by atoms with Crippen molar-refractivity contribution in [3.8, 4) is 11.1 Å². The van der Waals surface area contributed by atoms with Crippen molar-refractivity contribution in [1.29, 1.82) is 0 Å². The average molecular weight is 286 g/mol. The minimum absolute atomic E-state index is 0.311. The van der Waals surface area contributed by atoms with Crippen molar-refractivity contribution in [2.45, 2.75) is 0 Å². The highest BCUT2D eigenvalue weighted by Gasteiger charge is 2.10. The predicted octanol–water partition coefficient (Wildman–Crippen LogP) is 4.91. The third-order valence-electron chi connectivity index (χ3n) is 2.12. The van der Waals surface area contributed by atoms with Crippen molar-refractivity contribution in [2.75, 3.05) is 0 Å². The Kier molecular flexibility index (Phi) is 3.08. The lowest BCUT2D eigenvalue weighted by Gasteiger charge is -2.06. The quantitative estimate of drug-likeness (QED) is 0.653. The Bertz CT molecular complexity index is 482. The summed E-state index contributed by atoms with van der Waals surface area (Å²) in [5.74, 6) is -0.348. The Balaban J connectivity index is 2.60. The molecule has 0 atom stereocenters. The standard InChI is InChI=1S/C12H7BrClF/c13-11-10(15)7-6-9(12(11)14)8-4-2-1-3-5-8/h1-7H. The van der Waals surface area contributed by atoms with Crippen LogP contribution < -0.4 is 0 Å². The van der Waals surface area contributed by atoms with Crippen LogP contribution in [0.4, 0.5) is 4.39 Å². The first-order valence-electron chi connectivity index (χ1n) is 4.39. The van der Waals surface area contributed by atoms with E-state index in [1.54, 1.807) is 6.07 Å². The van der Waals surface area contributed by atoms with Crippen molar-refractivity contribution in [2.24, 2.45) is 0 Å². The molecular weight excluding hydrogens is 278 g/mol. The fraction of sp³-hybridized carbons (Fsp3) is 0. The number of hydrogen-bond acceptors (Lipinski definition) is 0. The van der Waals surface area contributed by atoms with Gasteiger partial charge in [-0.15, -0.1) is 0 Å². The monoisotopic (exact) mass is 284 g/mol. The van der Waals surface area contributed by atoms with Gasteiger partial charge >= 0.3 is 0 Å². The van der Waals surface area contributed by atoms with Crippen molar-refractivity contribution >= 4 is 27.5 Å². The molecule has 2 aromatic carbocycles. The van der Waals surface area contributed by atoms with Crippen LogP contribution >= 0.6 is 27.5 Å². The topological polar surface area (TPSA) is 0 Å². The molecule has 0 radical (unpaired) electrons. The normalized spacial score (nSPS) is 10.3. The minimum Gasteiger partial charge on any atom is -0.206 e. The van der Waals surface area contributed by atoms with Gasteiger partial charge in [0.1, 0.15) is 5.82 Å². The molecule has 0 N–H and O–H groups in total. The van der Waals surface area contributed by atoms with E-state index < -0.39 is 0 Å². The Morgan fingerprint density at radius 1 is 1.00 bits per heavy atom. The first-order chi connectivity index (χ1) is 7.20. The molecule has 2 rings (SSSR count). The SMILES string of the molecule is Fc1ccc(-c2ccccc2)c(Cl)c1Br. The molecule has 0 heterocycles. The molecule has 0 aliphatic carbocycles. The summed E-state index contributed by atoms with van der Waals surface area (Å²) in [7, 11) is 0. The first kappa shape index (κ1) is 10.7. The summed E-state index contributed by atoms with van der Waals surface area (Å²) in [5, 5.41) is 0.404. The van der Waals surface area contributed by atoms with Crippen LogP contribution in [0.2, 0.25) is 5.02 Å². The summed E-state index contributed by atoms with van der Waals surface area (Å²) in [5.41, 5.74) is 1.80. The van der Waals surface area contributed by atoms with Crippen molar-refractivity contribution in [3.05, 3.63) is 57.8 Å². The minimum atomic E-state index is -0.348. The van der Waals surface area contributed by atoms with E-state index in [4.69, 9.17) is 11.6 Å². The molecule has 0 saturated heterocycles. The number of benzene rings is 2. The van der Waals surface area contributed by atoms with Gasteiger partial charge in [0.25, 0.3) is 0 Å². The molecule has 0 aliphatic heterocycles. The van der Waals surface area contributed by atoms with Gasteiger partial charge < -0.3 is 0 Å². The molecule has 0 amide bonds. The fourth-order valence-corrected chi connectivity index (χ4v) is 1.97. The van der Waals surface area contributed by atoms with Crippen LogP contribution in [0.15, 0.2) is 46.9 Å². The van der Waals surface area contributed by atoms with Crippen LogP contribution in [0.5, 0.6) is 0 Å². The van der Waals surface area contributed by atoms with E-state index in [-0.39, 0.29) is 5.82 Å². The zero-order valence-electron chi connectivity index (χ0n) is 7.68. The average Bonchev–Trinajstić information content (AvgIpc) is 2.27. The molecule has 0 aliphatic rings. The van der Waals surface area contributed by atoms with E-state index in [0.29, 0.717) is 9.50 Å². The summed E-state index contributed by atoms with van der Waals surface area (Å²) in [6, 6.07) is 12.7. The van der Waals surface area contributed by atoms with E-state index in [2.05, 4.69) is 15.9 Å². The largest absolute Gasteiger partial charge is 0.206 e. The van der Waals surface area contributed by atoms with Gasteiger partial charge in [0.2, 0.25) is 0 Å².